The SMILES string of the molecule is COCC(=O)Nc1ccc(N2C(=S)N[C@H](c3ccccn3)[C@H]2c2cc(C)n(-c3cccnc3)c2C)cc1Cl. The minimum Gasteiger partial charge on any atom is -0.375 e. The maximum atomic E-state index is 12.0. The van der Waals surface area contributed by atoms with Crippen molar-refractivity contribution >= 4 is 46.2 Å². The quantitative estimate of drug-likeness (QED) is 0.304. The molecule has 1 aromatic carbocycles. The van der Waals surface area contributed by atoms with Crippen LogP contribution in [0.2, 0.25) is 5.02 Å². The van der Waals surface area contributed by atoms with Crippen LogP contribution < -0.4 is 15.5 Å². The van der Waals surface area contributed by atoms with Crippen LogP contribution in [0.15, 0.2) is 73.2 Å². The fourth-order valence-electron chi connectivity index (χ4n) is 4.99. The molecule has 8 nitrogen and oxygen atoms in total. The zero-order valence-electron chi connectivity index (χ0n) is 21.2. The molecule has 0 aliphatic carbocycles. The van der Waals surface area contributed by atoms with Gasteiger partial charge in [-0.05, 0) is 80.2 Å². The number of aryl methyl sites for hydroxylation is 1. The van der Waals surface area contributed by atoms with Crippen molar-refractivity contribution < 1.29 is 9.53 Å². The van der Waals surface area contributed by atoms with Crippen molar-refractivity contribution in [2.24, 2.45) is 0 Å². The standard InChI is InChI=1S/C28H27ClN6O2S/c1-17-13-21(18(2)34(17)20-7-6-11-30-15-20)27-26(24-8-4-5-12-31-24)33-28(38)35(27)19-9-10-23(22(29)14-19)32-25(36)16-37-3/h4-15,26-27H,16H2,1-3H3,(H,32,36)(H,33,38)/t26-,27-/m1/s1. The third-order valence-electron chi connectivity index (χ3n) is 6.57. The number of carbonyl (C=O) groups is 1. The van der Waals surface area contributed by atoms with E-state index in [1.807, 2.05) is 48.7 Å². The Morgan fingerprint density at radius 3 is 2.66 bits per heavy atom. The first-order valence-electron chi connectivity index (χ1n) is 12.1. The molecule has 3 aromatic heterocycles. The van der Waals surface area contributed by atoms with Crippen LogP contribution in [-0.4, -0.2) is 39.3 Å². The van der Waals surface area contributed by atoms with Gasteiger partial charge in [0.2, 0.25) is 5.91 Å². The maximum Gasteiger partial charge on any atom is 0.250 e. The molecule has 0 unspecified atom stereocenters. The van der Waals surface area contributed by atoms with E-state index in [1.165, 1.54) is 7.11 Å². The molecular weight excluding hydrogens is 520 g/mol. The number of rotatable bonds is 7. The number of aromatic nitrogens is 3. The zero-order chi connectivity index (χ0) is 26.8. The van der Waals surface area contributed by atoms with Gasteiger partial charge in [-0.15, -0.1) is 0 Å². The highest BCUT2D eigenvalue weighted by atomic mass is 35.5. The topological polar surface area (TPSA) is 84.3 Å². The summed E-state index contributed by atoms with van der Waals surface area (Å²) in [5.74, 6) is -0.281. The Kier molecular flexibility index (Phi) is 7.42. The van der Waals surface area contributed by atoms with Crippen LogP contribution in [0.5, 0.6) is 0 Å². The van der Waals surface area contributed by atoms with Gasteiger partial charge in [0.05, 0.1) is 40.4 Å². The Balaban J connectivity index is 1.60. The number of methoxy groups -OCH3 is 1. The lowest BCUT2D eigenvalue weighted by Crippen LogP contribution is -2.29. The number of thiocarbonyl (C=S) groups is 1. The minimum atomic E-state index is -0.281. The number of hydrogen-bond acceptors (Lipinski definition) is 5. The molecule has 0 saturated carbocycles. The first-order chi connectivity index (χ1) is 18.4. The molecular formula is C28H27ClN6O2S. The van der Waals surface area contributed by atoms with Crippen molar-refractivity contribution in [3.8, 4) is 5.69 Å². The molecule has 4 aromatic rings. The predicted octanol–water partition coefficient (Wildman–Crippen LogP) is 5.30. The summed E-state index contributed by atoms with van der Waals surface area (Å²) in [6.45, 7) is 4.13. The molecule has 194 valence electrons. The van der Waals surface area contributed by atoms with E-state index in [2.05, 4.69) is 50.0 Å². The molecule has 2 N–H and O–H groups in total. The largest absolute Gasteiger partial charge is 0.375 e. The third-order valence-corrected chi connectivity index (χ3v) is 7.20. The number of carbonyl (C=O) groups excluding carboxylic acids is 1. The second kappa shape index (κ2) is 10.9. The summed E-state index contributed by atoms with van der Waals surface area (Å²) < 4.78 is 7.10. The number of nitrogens with one attached hydrogen (secondary N) is 2. The summed E-state index contributed by atoms with van der Waals surface area (Å²) >= 11 is 12.5. The van der Waals surface area contributed by atoms with E-state index in [4.69, 9.17) is 28.6 Å². The van der Waals surface area contributed by atoms with E-state index in [-0.39, 0.29) is 24.6 Å². The van der Waals surface area contributed by atoms with Crippen LogP contribution in [0, 0.1) is 13.8 Å². The van der Waals surface area contributed by atoms with Gasteiger partial charge < -0.3 is 24.8 Å². The van der Waals surface area contributed by atoms with Crippen molar-refractivity contribution in [1.82, 2.24) is 19.9 Å². The van der Waals surface area contributed by atoms with Crippen LogP contribution in [0.3, 0.4) is 0 Å². The van der Waals surface area contributed by atoms with E-state index in [0.29, 0.717) is 15.8 Å². The molecule has 1 amide bonds. The summed E-state index contributed by atoms with van der Waals surface area (Å²) in [5, 5.41) is 7.22. The third kappa shape index (κ3) is 4.88. The molecule has 1 aliphatic heterocycles. The number of benzene rings is 1. The van der Waals surface area contributed by atoms with Crippen molar-refractivity contribution in [3.63, 3.8) is 0 Å². The summed E-state index contributed by atoms with van der Waals surface area (Å²) in [4.78, 5) is 23.1. The second-order valence-corrected chi connectivity index (χ2v) is 9.81. The number of anilines is 2. The van der Waals surface area contributed by atoms with Gasteiger partial charge in [-0.25, -0.2) is 0 Å². The molecule has 0 spiro atoms. The highest BCUT2D eigenvalue weighted by Crippen LogP contribution is 2.44. The summed E-state index contributed by atoms with van der Waals surface area (Å²) in [6.07, 6.45) is 5.40. The van der Waals surface area contributed by atoms with Gasteiger partial charge in [0, 0.05) is 36.6 Å². The molecule has 10 heteroatoms. The maximum absolute atomic E-state index is 12.0. The highest BCUT2D eigenvalue weighted by molar-refractivity contribution is 7.80. The number of hydrogen-bond donors (Lipinski definition) is 2. The van der Waals surface area contributed by atoms with E-state index >= 15 is 0 Å². The van der Waals surface area contributed by atoms with Crippen molar-refractivity contribution in [1.29, 1.82) is 0 Å². The number of ether oxygens (including phenoxy) is 1. The summed E-state index contributed by atoms with van der Waals surface area (Å²) in [6, 6.07) is 17.1. The molecule has 1 saturated heterocycles. The van der Waals surface area contributed by atoms with Crippen molar-refractivity contribution in [2.75, 3.05) is 23.9 Å². The summed E-state index contributed by atoms with van der Waals surface area (Å²) in [7, 11) is 1.47. The first kappa shape index (κ1) is 25.8. The monoisotopic (exact) mass is 546 g/mol. The van der Waals surface area contributed by atoms with Gasteiger partial charge in [-0.2, -0.15) is 0 Å². The number of halogens is 1. The van der Waals surface area contributed by atoms with E-state index in [9.17, 15) is 4.79 Å². The van der Waals surface area contributed by atoms with E-state index in [1.54, 1.807) is 18.5 Å². The van der Waals surface area contributed by atoms with Crippen molar-refractivity contribution in [3.05, 3.63) is 101 Å². The number of pyridine rings is 2. The van der Waals surface area contributed by atoms with Gasteiger partial charge in [0.1, 0.15) is 6.61 Å². The Hall–Kier alpha value is -3.79. The van der Waals surface area contributed by atoms with Crippen LogP contribution in [0.4, 0.5) is 11.4 Å². The lowest BCUT2D eigenvalue weighted by molar-refractivity contribution is -0.119. The Bertz CT molecular complexity index is 1480. The van der Waals surface area contributed by atoms with E-state index < -0.39 is 0 Å². The van der Waals surface area contributed by atoms with Gasteiger partial charge in [-0.1, -0.05) is 17.7 Å². The average Bonchev–Trinajstić information content (AvgIpc) is 3.41. The zero-order valence-corrected chi connectivity index (χ0v) is 22.8. The summed E-state index contributed by atoms with van der Waals surface area (Å²) in [5.41, 5.74) is 6.42. The Morgan fingerprint density at radius 2 is 1.97 bits per heavy atom. The second-order valence-electron chi connectivity index (χ2n) is 9.02. The Morgan fingerprint density at radius 1 is 1.13 bits per heavy atom. The molecule has 2 atom stereocenters. The smallest absolute Gasteiger partial charge is 0.250 e. The first-order valence-corrected chi connectivity index (χ1v) is 12.9. The predicted molar refractivity (Wildman–Crippen MR) is 153 cm³/mol. The van der Waals surface area contributed by atoms with Gasteiger partial charge in [-0.3, -0.25) is 14.8 Å². The highest BCUT2D eigenvalue weighted by Gasteiger charge is 2.42. The van der Waals surface area contributed by atoms with Crippen molar-refractivity contribution in [2.45, 2.75) is 25.9 Å². The molecule has 1 aliphatic rings. The molecule has 5 rings (SSSR count). The molecule has 0 radical (unpaired) electrons. The number of nitrogens with zero attached hydrogens (tertiary/aromatic N) is 4. The van der Waals surface area contributed by atoms with Gasteiger partial charge >= 0.3 is 0 Å². The fourth-order valence-corrected chi connectivity index (χ4v) is 5.56. The van der Waals surface area contributed by atoms with Crippen LogP contribution in [0.1, 0.15) is 34.7 Å². The average molecular weight is 547 g/mol. The minimum absolute atomic E-state index is 0.0570. The number of amides is 1. The van der Waals surface area contributed by atoms with Crippen LogP contribution in [-0.2, 0) is 9.53 Å². The lowest BCUT2D eigenvalue weighted by atomic mass is 9.96. The molecule has 4 heterocycles. The molecule has 1 fully saturated rings. The normalized spacial score (nSPS) is 16.9. The molecule has 38 heavy (non-hydrogen) atoms. The van der Waals surface area contributed by atoms with Crippen LogP contribution >= 0.6 is 23.8 Å². The fraction of sp³-hybridized carbons (Fsp3) is 0.214. The van der Waals surface area contributed by atoms with Crippen LogP contribution in [0.25, 0.3) is 5.69 Å². The lowest BCUT2D eigenvalue weighted by Gasteiger charge is -2.28. The van der Waals surface area contributed by atoms with Gasteiger partial charge in [0.15, 0.2) is 5.11 Å². The molecule has 0 bridgehead atoms. The van der Waals surface area contributed by atoms with E-state index in [0.717, 1.165) is 34.0 Å². The van der Waals surface area contributed by atoms with Gasteiger partial charge in [0.25, 0.3) is 0 Å². The Labute approximate surface area is 231 Å².